The average molecular weight is 207 g/mol. The van der Waals surface area contributed by atoms with Gasteiger partial charge in [-0.1, -0.05) is 0 Å². The molecular weight excluding hydrogens is 191 g/mol. The van der Waals surface area contributed by atoms with E-state index >= 15 is 0 Å². The van der Waals surface area contributed by atoms with Crippen molar-refractivity contribution in [3.05, 3.63) is 0 Å². The summed E-state index contributed by atoms with van der Waals surface area (Å²) in [6.45, 7) is 2.62. The van der Waals surface area contributed by atoms with E-state index in [4.69, 9.17) is 10.0 Å². The maximum atomic E-state index is 8.32. The van der Waals surface area contributed by atoms with Crippen LogP contribution in [-0.2, 0) is 4.65 Å². The Kier molecular flexibility index (Phi) is 6.52. The molecule has 0 aliphatic carbocycles. The van der Waals surface area contributed by atoms with Crippen molar-refractivity contribution < 1.29 is 14.7 Å². The first-order chi connectivity index (χ1) is 4.66. The zero-order valence-electron chi connectivity index (χ0n) is 6.58. The van der Waals surface area contributed by atoms with Crippen LogP contribution < -0.4 is 0 Å². The summed E-state index contributed by atoms with van der Waals surface area (Å²) in [5, 5.41) is 16.6. The molecule has 0 radical (unpaired) electrons. The third-order valence-electron chi connectivity index (χ3n) is 1.31. The Morgan fingerprint density at radius 1 is 1.60 bits per heavy atom. The predicted molar refractivity (Wildman–Crippen MR) is 44.7 cm³/mol. The topological polar surface area (TPSA) is 49.7 Å². The van der Waals surface area contributed by atoms with Gasteiger partial charge in [0.1, 0.15) is 0 Å². The SMILES string of the molecule is CCC[CH]([GeH3])COB(O)O. The van der Waals surface area contributed by atoms with E-state index in [0.29, 0.717) is 11.4 Å². The summed E-state index contributed by atoms with van der Waals surface area (Å²) in [7, 11) is -1.58. The standard InChI is InChI=1S/C5H15BGeO3/c1-2-3-5(7)4-10-6(8)9/h5,8-9H,2-4H2,1,7H3. The van der Waals surface area contributed by atoms with Gasteiger partial charge in [0, 0.05) is 0 Å². The molecule has 0 saturated carbocycles. The van der Waals surface area contributed by atoms with Gasteiger partial charge >= 0.3 is 69.7 Å². The Morgan fingerprint density at radius 2 is 2.20 bits per heavy atom. The van der Waals surface area contributed by atoms with Gasteiger partial charge in [0.25, 0.3) is 0 Å². The first-order valence-electron chi connectivity index (χ1n) is 3.64. The summed E-state index contributed by atoms with van der Waals surface area (Å²) in [5.74, 6) is 0. The van der Waals surface area contributed by atoms with Gasteiger partial charge in [-0.3, -0.25) is 0 Å². The Hall–Kier alpha value is 0.488. The van der Waals surface area contributed by atoms with Gasteiger partial charge in [-0.05, 0) is 0 Å². The molecule has 0 amide bonds. The Morgan fingerprint density at radius 3 is 2.60 bits per heavy atom. The van der Waals surface area contributed by atoms with Gasteiger partial charge in [-0.2, -0.15) is 0 Å². The maximum absolute atomic E-state index is 8.32. The minimum absolute atomic E-state index is 0.505. The summed E-state index contributed by atoms with van der Waals surface area (Å²) in [6, 6.07) is 0. The van der Waals surface area contributed by atoms with Crippen LogP contribution in [0.1, 0.15) is 19.8 Å². The van der Waals surface area contributed by atoms with Crippen molar-refractivity contribution in [2.75, 3.05) is 6.61 Å². The number of rotatable bonds is 5. The molecule has 0 aliphatic rings. The van der Waals surface area contributed by atoms with Crippen molar-refractivity contribution in [1.82, 2.24) is 0 Å². The quantitative estimate of drug-likeness (QED) is 0.563. The summed E-state index contributed by atoms with van der Waals surface area (Å²) in [5.41, 5.74) is 0. The van der Waals surface area contributed by atoms with Crippen LogP contribution in [-0.4, -0.2) is 40.5 Å². The molecule has 1 atom stereocenters. The van der Waals surface area contributed by atoms with E-state index in [0.717, 1.165) is 29.4 Å². The predicted octanol–water partition coefficient (Wildman–Crippen LogP) is -1.07. The molecule has 0 aromatic heterocycles. The molecule has 0 heterocycles. The zero-order chi connectivity index (χ0) is 7.98. The van der Waals surface area contributed by atoms with Crippen molar-refractivity contribution in [2.45, 2.75) is 24.5 Å². The third kappa shape index (κ3) is 6.61. The molecule has 0 bridgehead atoms. The number of hydrogen-bond donors (Lipinski definition) is 2. The van der Waals surface area contributed by atoms with Crippen molar-refractivity contribution in [3.63, 3.8) is 0 Å². The van der Waals surface area contributed by atoms with Crippen LogP contribution in [0, 0.1) is 0 Å². The Balaban J connectivity index is 3.12. The van der Waals surface area contributed by atoms with Gasteiger partial charge < -0.3 is 0 Å². The number of hydrogen-bond acceptors (Lipinski definition) is 3. The molecule has 2 N–H and O–H groups in total. The molecule has 0 aromatic carbocycles. The molecule has 5 heteroatoms. The minimum atomic E-state index is -1.58. The van der Waals surface area contributed by atoms with Gasteiger partial charge in [0.2, 0.25) is 0 Å². The fourth-order valence-electron chi connectivity index (χ4n) is 0.826. The second kappa shape index (κ2) is 6.21. The summed E-state index contributed by atoms with van der Waals surface area (Å²) in [4.78, 5) is 0. The van der Waals surface area contributed by atoms with E-state index in [1.165, 1.54) is 0 Å². The first kappa shape index (κ1) is 10.5. The molecule has 1 unspecified atom stereocenters. The van der Waals surface area contributed by atoms with Crippen molar-refractivity contribution >= 4 is 23.8 Å². The zero-order valence-corrected chi connectivity index (χ0v) is 10.8. The van der Waals surface area contributed by atoms with Crippen LogP contribution >= 0.6 is 0 Å². The molecule has 60 valence electrons. The van der Waals surface area contributed by atoms with Crippen molar-refractivity contribution in [2.24, 2.45) is 0 Å². The molecule has 0 fully saturated rings. The molecule has 0 aromatic rings. The molecule has 3 nitrogen and oxygen atoms in total. The summed E-state index contributed by atoms with van der Waals surface area (Å²) >= 11 is 0.720. The summed E-state index contributed by atoms with van der Waals surface area (Å²) < 4.78 is 5.21. The van der Waals surface area contributed by atoms with Gasteiger partial charge in [0.15, 0.2) is 0 Å². The van der Waals surface area contributed by atoms with E-state index in [1.807, 2.05) is 0 Å². The van der Waals surface area contributed by atoms with E-state index in [2.05, 4.69) is 11.6 Å². The Bertz CT molecular complexity index is 81.3. The van der Waals surface area contributed by atoms with E-state index in [9.17, 15) is 0 Å². The first-order valence-corrected chi connectivity index (χ1v) is 6.06. The molecule has 0 aliphatic heterocycles. The van der Waals surface area contributed by atoms with E-state index in [1.54, 1.807) is 0 Å². The Labute approximate surface area is 70.2 Å². The van der Waals surface area contributed by atoms with Crippen LogP contribution in [0.15, 0.2) is 0 Å². The fraction of sp³-hybridized carbons (Fsp3) is 1.00. The van der Waals surface area contributed by atoms with Gasteiger partial charge in [-0.25, -0.2) is 0 Å². The average Bonchev–Trinajstić information content (AvgIpc) is 1.85. The fourth-order valence-corrected chi connectivity index (χ4v) is 2.44. The molecule has 0 saturated heterocycles. The van der Waals surface area contributed by atoms with Crippen molar-refractivity contribution in [1.29, 1.82) is 0 Å². The van der Waals surface area contributed by atoms with Crippen LogP contribution in [0.4, 0.5) is 0 Å². The second-order valence-electron chi connectivity index (χ2n) is 2.55. The van der Waals surface area contributed by atoms with Crippen molar-refractivity contribution in [3.8, 4) is 0 Å². The van der Waals surface area contributed by atoms with E-state index in [-0.39, 0.29) is 0 Å². The van der Waals surface area contributed by atoms with Gasteiger partial charge in [0.05, 0.1) is 0 Å². The molecule has 0 rings (SSSR count). The van der Waals surface area contributed by atoms with Crippen LogP contribution in [0.5, 0.6) is 0 Å². The van der Waals surface area contributed by atoms with E-state index < -0.39 is 7.32 Å². The molecular formula is C5H15BGeO3. The normalized spacial score (nSPS) is 13.5. The van der Waals surface area contributed by atoms with Gasteiger partial charge in [-0.15, -0.1) is 0 Å². The molecule has 0 spiro atoms. The van der Waals surface area contributed by atoms with Crippen LogP contribution in [0.3, 0.4) is 0 Å². The third-order valence-corrected chi connectivity index (χ3v) is 3.22. The second-order valence-corrected chi connectivity index (χ2v) is 5.98. The van der Waals surface area contributed by atoms with Crippen LogP contribution in [0.25, 0.3) is 0 Å². The van der Waals surface area contributed by atoms with Crippen LogP contribution in [0.2, 0.25) is 4.75 Å². The molecule has 10 heavy (non-hydrogen) atoms. The summed E-state index contributed by atoms with van der Waals surface area (Å²) in [6.07, 6.45) is 2.30. The monoisotopic (exact) mass is 208 g/mol.